The van der Waals surface area contributed by atoms with Gasteiger partial charge < -0.3 is 0 Å². The fourth-order valence-electron chi connectivity index (χ4n) is 0.563. The zero-order chi connectivity index (χ0) is 16.2. The topological polar surface area (TPSA) is 27.7 Å². The number of halogens is 10. The van der Waals surface area contributed by atoms with Gasteiger partial charge in [-0.3, -0.25) is 0 Å². The van der Waals surface area contributed by atoms with Crippen molar-refractivity contribution in [3.63, 3.8) is 0 Å². The van der Waals surface area contributed by atoms with Crippen LogP contribution in [0.4, 0.5) is 0 Å². The molecule has 0 fully saturated rings. The van der Waals surface area contributed by atoms with Crippen LogP contribution in [0.15, 0.2) is 0 Å². The van der Waals surface area contributed by atoms with E-state index in [1.807, 2.05) is 0 Å². The molecule has 0 bridgehead atoms. The van der Waals surface area contributed by atoms with Gasteiger partial charge in [0.2, 0.25) is 26.9 Å². The predicted molar refractivity (Wildman–Crippen MR) is 94.6 cm³/mol. The second-order valence-electron chi connectivity index (χ2n) is 3.10. The summed E-state index contributed by atoms with van der Waals surface area (Å²) in [6.07, 6.45) is 0. The van der Waals surface area contributed by atoms with Crippen molar-refractivity contribution >= 4 is 127 Å². The largest absolute Gasteiger partial charge is 0.488 e. The van der Waals surface area contributed by atoms with Gasteiger partial charge in [-0.1, -0.05) is 104 Å². The van der Waals surface area contributed by atoms with Crippen LogP contribution in [0.1, 0.15) is 0 Å². The minimum Gasteiger partial charge on any atom is -0.165 e. The third-order valence-electron chi connectivity index (χ3n) is 1.15. The first kappa shape index (κ1) is 23.4. The first-order chi connectivity index (χ1) is 8.62. The molecule has 14 heteroatoms. The normalized spacial score (nSPS) is 14.7. The Morgan fingerprint density at radius 2 is 0.800 bits per heavy atom. The van der Waals surface area contributed by atoms with Crippen LogP contribution in [-0.2, 0) is 13.6 Å². The van der Waals surface area contributed by atoms with Gasteiger partial charge in [0.05, 0.1) is 0 Å². The molecule has 0 aliphatic carbocycles. The lowest BCUT2D eigenvalue weighted by Crippen LogP contribution is -2.20. The van der Waals surface area contributed by atoms with Crippen molar-refractivity contribution in [2.24, 2.45) is 0 Å². The maximum atomic E-state index is 5.55. The third kappa shape index (κ3) is 15.0. The molecule has 0 aromatic heterocycles. The van der Waals surface area contributed by atoms with Crippen molar-refractivity contribution in [2.75, 3.05) is 19.8 Å². The molecule has 0 spiro atoms. The highest BCUT2D eigenvalue weighted by molar-refractivity contribution is 9.40. The smallest absolute Gasteiger partial charge is 0.165 e. The lowest BCUT2D eigenvalue weighted by Gasteiger charge is -2.21. The van der Waals surface area contributed by atoms with E-state index in [9.17, 15) is 0 Å². The number of alkyl halides is 9. The molecule has 0 radical (unpaired) electrons. The van der Waals surface area contributed by atoms with Gasteiger partial charge in [0.1, 0.15) is 19.8 Å². The fourth-order valence-corrected chi connectivity index (χ4v) is 3.93. The summed E-state index contributed by atoms with van der Waals surface area (Å²) in [5.74, 6) is 0. The van der Waals surface area contributed by atoms with Crippen molar-refractivity contribution in [3.8, 4) is 0 Å². The fraction of sp³-hybridized carbons (Fsp3) is 1.00. The van der Waals surface area contributed by atoms with Crippen LogP contribution in [0.2, 0.25) is 0 Å². The van der Waals surface area contributed by atoms with E-state index >= 15 is 0 Å². The molecule has 0 aromatic rings. The van der Waals surface area contributed by atoms with E-state index in [4.69, 9.17) is 118 Å². The summed E-state index contributed by atoms with van der Waals surface area (Å²) in [7, 11) is 0. The van der Waals surface area contributed by atoms with Gasteiger partial charge in [-0.15, -0.1) is 0 Å². The summed E-state index contributed by atoms with van der Waals surface area (Å²) in [6.45, 7) is -4.30. The molecule has 0 N–H and O–H groups in total. The highest BCUT2D eigenvalue weighted by atomic mass is 79.9. The van der Waals surface area contributed by atoms with Gasteiger partial charge in [-0.05, 0) is 0 Å². The zero-order valence-electron chi connectivity index (χ0n) is 9.07. The van der Waals surface area contributed by atoms with Crippen LogP contribution in [0.5, 0.6) is 0 Å². The second-order valence-corrected chi connectivity index (χ2v) is 14.9. The molecular formula is C6H6BrCl9O3P+. The van der Waals surface area contributed by atoms with Crippen LogP contribution in [0, 0.1) is 0 Å². The van der Waals surface area contributed by atoms with Gasteiger partial charge >= 0.3 is 6.65 Å². The average molecular weight is 556 g/mol. The van der Waals surface area contributed by atoms with Crippen LogP contribution in [-0.4, -0.2) is 31.2 Å². The van der Waals surface area contributed by atoms with E-state index in [0.717, 1.165) is 0 Å². The SMILES string of the molecule is ClC(Cl)(Cl)CO[P+](Br)(OCC(Cl)(Cl)Cl)OCC(Cl)(Cl)Cl. The Kier molecular flexibility index (Phi) is 10.8. The Hall–Kier alpha value is 3.40. The maximum Gasteiger partial charge on any atom is 0.488 e. The molecule has 3 nitrogen and oxygen atoms in total. The third-order valence-corrected chi connectivity index (χ3v) is 5.28. The molecular weight excluding hydrogens is 550 g/mol. The predicted octanol–water partition coefficient (Wildman–Crippen LogP) is 7.22. The van der Waals surface area contributed by atoms with E-state index in [-0.39, 0.29) is 19.8 Å². The van der Waals surface area contributed by atoms with Crippen LogP contribution in [0.25, 0.3) is 0 Å². The number of hydrogen-bond donors (Lipinski definition) is 0. The van der Waals surface area contributed by atoms with Gasteiger partial charge in [-0.25, -0.2) is 0 Å². The highest BCUT2D eigenvalue weighted by Gasteiger charge is 2.49. The van der Waals surface area contributed by atoms with Crippen molar-refractivity contribution in [1.82, 2.24) is 0 Å². The average Bonchev–Trinajstić information content (AvgIpc) is 2.18. The summed E-state index contributed by atoms with van der Waals surface area (Å²) in [5, 5.41) is 0. The first-order valence-electron chi connectivity index (χ1n) is 4.34. The minimum absolute atomic E-state index is 0.365. The van der Waals surface area contributed by atoms with Crippen LogP contribution >= 0.6 is 127 Å². The van der Waals surface area contributed by atoms with E-state index in [2.05, 4.69) is 15.5 Å². The summed E-state index contributed by atoms with van der Waals surface area (Å²) >= 11 is 53.1. The molecule has 0 heterocycles. The second kappa shape index (κ2) is 9.20. The molecule has 0 aromatic carbocycles. The summed E-state index contributed by atoms with van der Waals surface area (Å²) in [5.41, 5.74) is 0. The van der Waals surface area contributed by atoms with Gasteiger partial charge in [0.15, 0.2) is 0 Å². The highest BCUT2D eigenvalue weighted by Crippen LogP contribution is 2.71. The van der Waals surface area contributed by atoms with Crippen molar-refractivity contribution in [1.29, 1.82) is 0 Å². The zero-order valence-corrected chi connectivity index (χ0v) is 18.4. The first-order valence-corrected chi connectivity index (χ1v) is 11.3. The maximum absolute atomic E-state index is 5.55. The standard InChI is InChI=1S/C6H6BrCl9O3P/c7-20(17-1-4(8,9)10,18-2-5(11,12)13)19-3-6(14,15)16/h1-3H2/q+1. The monoisotopic (exact) mass is 551 g/mol. The Labute approximate surface area is 169 Å². The molecule has 122 valence electrons. The molecule has 0 atom stereocenters. The molecule has 0 amide bonds. The number of hydrogen-bond acceptors (Lipinski definition) is 3. The molecule has 0 unspecified atom stereocenters. The number of rotatable bonds is 6. The molecule has 0 rings (SSSR count). The Morgan fingerprint density at radius 1 is 0.600 bits per heavy atom. The Morgan fingerprint density at radius 3 is 0.950 bits per heavy atom. The quantitative estimate of drug-likeness (QED) is 0.256. The van der Waals surface area contributed by atoms with Crippen LogP contribution in [0.3, 0.4) is 0 Å². The van der Waals surface area contributed by atoms with E-state index < -0.39 is 18.0 Å². The van der Waals surface area contributed by atoms with E-state index in [1.165, 1.54) is 0 Å². The van der Waals surface area contributed by atoms with E-state index in [1.54, 1.807) is 0 Å². The summed E-state index contributed by atoms with van der Waals surface area (Å²) in [6, 6.07) is 0. The summed E-state index contributed by atoms with van der Waals surface area (Å²) < 4.78 is 10.6. The molecule has 0 aliphatic rings. The van der Waals surface area contributed by atoms with Crippen molar-refractivity contribution in [2.45, 2.75) is 11.4 Å². The van der Waals surface area contributed by atoms with Crippen molar-refractivity contribution in [3.05, 3.63) is 0 Å². The minimum atomic E-state index is -3.21. The molecule has 20 heavy (non-hydrogen) atoms. The Balaban J connectivity index is 4.66. The molecule has 0 saturated heterocycles. The lowest BCUT2D eigenvalue weighted by atomic mass is 10.8. The van der Waals surface area contributed by atoms with Gasteiger partial charge in [-0.2, -0.15) is 13.6 Å². The van der Waals surface area contributed by atoms with Gasteiger partial charge in [0.25, 0.3) is 0 Å². The van der Waals surface area contributed by atoms with Crippen LogP contribution < -0.4 is 0 Å². The van der Waals surface area contributed by atoms with E-state index in [0.29, 0.717) is 0 Å². The molecule has 0 aliphatic heterocycles. The summed E-state index contributed by atoms with van der Waals surface area (Å²) in [4.78, 5) is 0. The van der Waals surface area contributed by atoms with Gasteiger partial charge in [0, 0.05) is 0 Å². The lowest BCUT2D eigenvalue weighted by molar-refractivity contribution is 0.160. The molecule has 0 saturated carbocycles. The Bertz CT molecular complexity index is 256. The van der Waals surface area contributed by atoms with Crippen molar-refractivity contribution < 1.29 is 13.6 Å².